The van der Waals surface area contributed by atoms with Crippen LogP contribution in [0, 0.1) is 5.92 Å². The van der Waals surface area contributed by atoms with E-state index in [0.717, 1.165) is 6.42 Å². The van der Waals surface area contributed by atoms with Gasteiger partial charge in [-0.05, 0) is 24.5 Å². The molecule has 1 saturated heterocycles. The van der Waals surface area contributed by atoms with E-state index in [2.05, 4.69) is 21.9 Å². The fourth-order valence-electron chi connectivity index (χ4n) is 4.50. The van der Waals surface area contributed by atoms with Crippen LogP contribution in [0.5, 0.6) is 11.5 Å². The molecule has 1 aliphatic rings. The number of allylic oxidation sites excluding steroid dienone is 1. The summed E-state index contributed by atoms with van der Waals surface area (Å²) < 4.78 is 12.7. The van der Waals surface area contributed by atoms with Crippen LogP contribution in [0.2, 0.25) is 10.0 Å². The summed E-state index contributed by atoms with van der Waals surface area (Å²) in [5.74, 6) is 0.624. The Morgan fingerprint density at radius 2 is 2.17 bits per heavy atom. The summed E-state index contributed by atoms with van der Waals surface area (Å²) >= 11 is 13.1. The van der Waals surface area contributed by atoms with Crippen molar-refractivity contribution in [1.29, 1.82) is 0 Å². The molecular formula is C25H23Cl2N5O4. The fraction of sp³-hybridized carbons (Fsp3) is 0.280. The van der Waals surface area contributed by atoms with Crippen LogP contribution >= 0.6 is 23.2 Å². The summed E-state index contributed by atoms with van der Waals surface area (Å²) in [6.45, 7) is 4.63. The van der Waals surface area contributed by atoms with Gasteiger partial charge < -0.3 is 19.9 Å². The van der Waals surface area contributed by atoms with Gasteiger partial charge in [-0.2, -0.15) is 4.98 Å². The van der Waals surface area contributed by atoms with Gasteiger partial charge >= 0.3 is 0 Å². The molecule has 0 bridgehead atoms. The van der Waals surface area contributed by atoms with Gasteiger partial charge in [0.25, 0.3) is 0 Å². The quantitative estimate of drug-likeness (QED) is 0.325. The second-order valence-electron chi connectivity index (χ2n) is 8.50. The van der Waals surface area contributed by atoms with Gasteiger partial charge in [0.2, 0.25) is 5.95 Å². The number of rotatable bonds is 7. The first-order valence-electron chi connectivity index (χ1n) is 11.3. The Morgan fingerprint density at radius 3 is 2.94 bits per heavy atom. The van der Waals surface area contributed by atoms with Crippen molar-refractivity contribution in [2.45, 2.75) is 18.9 Å². The highest BCUT2D eigenvalue weighted by Crippen LogP contribution is 2.47. The summed E-state index contributed by atoms with van der Waals surface area (Å²) in [6, 6.07) is 3.07. The molecule has 9 nitrogen and oxygen atoms in total. The molecule has 0 unspecified atom stereocenters. The van der Waals surface area contributed by atoms with Crippen molar-refractivity contribution >= 4 is 51.6 Å². The molecule has 0 saturated carbocycles. The van der Waals surface area contributed by atoms with E-state index in [0.29, 0.717) is 53.4 Å². The number of anilines is 1. The van der Waals surface area contributed by atoms with Crippen molar-refractivity contribution in [2.24, 2.45) is 5.92 Å². The molecule has 0 radical (unpaired) electrons. The minimum atomic E-state index is -0.160. The minimum absolute atomic E-state index is 0.00156. The summed E-state index contributed by atoms with van der Waals surface area (Å²) in [4.78, 5) is 25.7. The normalized spacial score (nSPS) is 17.9. The first-order chi connectivity index (χ1) is 17.4. The number of nitrogens with one attached hydrogen (secondary N) is 1. The number of carbonyl (C=O) groups excluding carboxylic acids is 1. The average Bonchev–Trinajstić information content (AvgIpc) is 3.38. The number of ketones is 1. The van der Waals surface area contributed by atoms with Crippen molar-refractivity contribution in [3.05, 3.63) is 53.4 Å². The predicted octanol–water partition coefficient (Wildman–Crippen LogP) is 4.93. The lowest BCUT2D eigenvalue weighted by molar-refractivity contribution is -0.116. The third-order valence-corrected chi connectivity index (χ3v) is 7.11. The minimum Gasteiger partial charge on any atom is -0.506 e. The maximum Gasteiger partial charge on any atom is 0.224 e. The molecule has 1 fully saturated rings. The van der Waals surface area contributed by atoms with E-state index in [1.165, 1.54) is 19.3 Å². The van der Waals surface area contributed by atoms with E-state index in [1.807, 2.05) is 6.07 Å². The number of aromatic hydroxyl groups is 1. The number of hydrogen-bond acceptors (Lipinski definition) is 8. The van der Waals surface area contributed by atoms with E-state index in [1.54, 1.807) is 23.0 Å². The van der Waals surface area contributed by atoms with Gasteiger partial charge in [-0.15, -0.1) is 0 Å². The number of hydrogen-bond donors (Lipinski definition) is 2. The summed E-state index contributed by atoms with van der Waals surface area (Å²) in [5.41, 5.74) is 2.13. The summed E-state index contributed by atoms with van der Waals surface area (Å²) in [6.07, 6.45) is 7.60. The van der Waals surface area contributed by atoms with Crippen LogP contribution in [-0.2, 0) is 9.53 Å². The third-order valence-electron chi connectivity index (χ3n) is 6.35. The molecule has 0 amide bonds. The number of methoxy groups -OCH3 is 1. The van der Waals surface area contributed by atoms with Gasteiger partial charge in [0.15, 0.2) is 11.4 Å². The molecule has 36 heavy (non-hydrogen) atoms. The van der Waals surface area contributed by atoms with E-state index >= 15 is 0 Å². The summed E-state index contributed by atoms with van der Waals surface area (Å²) in [5, 5.41) is 14.7. The number of pyridine rings is 1. The Kier molecular flexibility index (Phi) is 6.70. The number of phenols is 1. The maximum absolute atomic E-state index is 12.0. The molecule has 3 aromatic heterocycles. The summed E-state index contributed by atoms with van der Waals surface area (Å²) in [7, 11) is 1.46. The zero-order valence-corrected chi connectivity index (χ0v) is 20.9. The van der Waals surface area contributed by atoms with Crippen LogP contribution in [0.1, 0.15) is 12.8 Å². The molecule has 1 aromatic carbocycles. The molecule has 4 heterocycles. The van der Waals surface area contributed by atoms with Crippen molar-refractivity contribution in [1.82, 2.24) is 19.4 Å². The highest BCUT2D eigenvalue weighted by molar-refractivity contribution is 6.41. The Morgan fingerprint density at radius 1 is 1.33 bits per heavy atom. The monoisotopic (exact) mass is 527 g/mol. The number of benzene rings is 1. The third kappa shape index (κ3) is 4.34. The molecule has 0 aliphatic carbocycles. The topological polar surface area (TPSA) is 111 Å². The standard InChI is InChI=1S/C25H23Cl2N5O4/c1-3-15(33)8-13-4-7-36-12-17(13)30-25-29-11-14-9-16(24-28-5-6-32(24)23(14)31-25)20-21(26)18(34)10-19(35-2)22(20)27/h3,5-6,9-11,13,17,34H,1,4,7-8,12H2,2H3,(H,29,30,31)/t13-,17-/m1/s1. The number of aromatic nitrogens is 4. The molecule has 11 heteroatoms. The van der Waals surface area contributed by atoms with Gasteiger partial charge in [0.05, 0.1) is 29.8 Å². The smallest absolute Gasteiger partial charge is 0.224 e. The lowest BCUT2D eigenvalue weighted by Crippen LogP contribution is -2.40. The first-order valence-corrected chi connectivity index (χ1v) is 12.0. The van der Waals surface area contributed by atoms with Crippen LogP contribution in [-0.4, -0.2) is 56.6 Å². The first kappa shape index (κ1) is 24.3. The highest BCUT2D eigenvalue weighted by atomic mass is 35.5. The SMILES string of the molecule is C=CC(=O)C[C@H]1CCOC[C@H]1Nc1ncc2cc(-c3c(Cl)c(O)cc(OC)c3Cl)c3nccn3c2n1. The zero-order chi connectivity index (χ0) is 25.4. The number of halogens is 2. The molecule has 0 spiro atoms. The highest BCUT2D eigenvalue weighted by Gasteiger charge is 2.28. The number of imidazole rings is 1. The number of fused-ring (bicyclic) bond motifs is 3. The Labute approximate surface area is 216 Å². The molecule has 186 valence electrons. The van der Waals surface area contributed by atoms with Crippen molar-refractivity contribution < 1.29 is 19.4 Å². The van der Waals surface area contributed by atoms with Crippen LogP contribution in [0.4, 0.5) is 5.95 Å². The van der Waals surface area contributed by atoms with Gasteiger partial charge in [0, 0.05) is 54.2 Å². The second kappa shape index (κ2) is 9.93. The van der Waals surface area contributed by atoms with Crippen LogP contribution in [0.25, 0.3) is 27.8 Å². The number of ether oxygens (including phenoxy) is 2. The van der Waals surface area contributed by atoms with E-state index in [9.17, 15) is 9.90 Å². The Hall–Kier alpha value is -3.40. The molecule has 2 atom stereocenters. The molecular weight excluding hydrogens is 505 g/mol. The van der Waals surface area contributed by atoms with Gasteiger partial charge in [-0.25, -0.2) is 9.97 Å². The van der Waals surface area contributed by atoms with Crippen LogP contribution in [0.3, 0.4) is 0 Å². The largest absolute Gasteiger partial charge is 0.506 e. The lowest BCUT2D eigenvalue weighted by atomic mass is 9.90. The van der Waals surface area contributed by atoms with Crippen molar-refractivity contribution in [3.8, 4) is 22.6 Å². The second-order valence-corrected chi connectivity index (χ2v) is 9.26. The lowest BCUT2D eigenvalue weighted by Gasteiger charge is -2.31. The van der Waals surface area contributed by atoms with Gasteiger partial charge in [0.1, 0.15) is 17.1 Å². The zero-order valence-electron chi connectivity index (χ0n) is 19.4. The van der Waals surface area contributed by atoms with Crippen molar-refractivity contribution in [2.75, 3.05) is 25.6 Å². The number of phenolic OH excluding ortho intramolecular Hbond substituents is 1. The van der Waals surface area contributed by atoms with E-state index < -0.39 is 0 Å². The van der Waals surface area contributed by atoms with Crippen LogP contribution < -0.4 is 10.1 Å². The van der Waals surface area contributed by atoms with Gasteiger partial charge in [-0.1, -0.05) is 29.8 Å². The average molecular weight is 528 g/mol. The van der Waals surface area contributed by atoms with Crippen molar-refractivity contribution in [3.63, 3.8) is 0 Å². The van der Waals surface area contributed by atoms with E-state index in [4.69, 9.17) is 37.7 Å². The number of nitrogens with zero attached hydrogens (tertiary/aromatic N) is 4. The molecule has 5 rings (SSSR count). The van der Waals surface area contributed by atoms with Crippen LogP contribution in [0.15, 0.2) is 43.4 Å². The maximum atomic E-state index is 12.0. The molecule has 1 aliphatic heterocycles. The molecule has 2 N–H and O–H groups in total. The number of carbonyl (C=O) groups is 1. The predicted molar refractivity (Wildman–Crippen MR) is 138 cm³/mol. The molecule has 4 aromatic rings. The Balaban J connectivity index is 1.57. The fourth-order valence-corrected chi connectivity index (χ4v) is 5.13. The van der Waals surface area contributed by atoms with Gasteiger partial charge in [-0.3, -0.25) is 9.20 Å². The van der Waals surface area contributed by atoms with E-state index in [-0.39, 0.29) is 39.3 Å². The Bertz CT molecular complexity index is 1490.